The minimum absolute atomic E-state index is 0.403. The topological polar surface area (TPSA) is 92.9 Å². The minimum Gasteiger partial charge on any atom is -0.480 e. The van der Waals surface area contributed by atoms with Gasteiger partial charge in [0.1, 0.15) is 6.04 Å². The van der Waals surface area contributed by atoms with Gasteiger partial charge in [-0.25, -0.2) is 4.68 Å². The summed E-state index contributed by atoms with van der Waals surface area (Å²) in [6.45, 7) is 0. The van der Waals surface area contributed by atoms with Crippen LogP contribution in [-0.2, 0) is 4.79 Å². The van der Waals surface area contributed by atoms with Crippen LogP contribution in [0.5, 0.6) is 0 Å². The Balaban J connectivity index is 1.50. The number of thioether (sulfide) groups is 1. The zero-order chi connectivity index (χ0) is 14.7. The lowest BCUT2D eigenvalue weighted by Crippen LogP contribution is -2.38. The highest BCUT2D eigenvalue weighted by Crippen LogP contribution is 2.31. The van der Waals surface area contributed by atoms with Crippen LogP contribution in [0, 0.1) is 0 Å². The molecule has 0 bridgehead atoms. The van der Waals surface area contributed by atoms with Crippen molar-refractivity contribution in [1.29, 1.82) is 0 Å². The molecule has 0 aromatic carbocycles. The van der Waals surface area contributed by atoms with Crippen LogP contribution in [-0.4, -0.2) is 49.1 Å². The van der Waals surface area contributed by atoms with E-state index in [0.717, 1.165) is 30.8 Å². The molecule has 116 valence electrons. The summed E-state index contributed by atoms with van der Waals surface area (Å²) in [4.78, 5) is 11.2. The molecule has 3 rings (SSSR count). The smallest absolute Gasteiger partial charge is 0.320 e. The molecule has 0 aliphatic heterocycles. The first-order valence-corrected chi connectivity index (χ1v) is 8.62. The fourth-order valence-corrected chi connectivity index (χ4v) is 3.69. The maximum atomic E-state index is 11.2. The second-order valence-electron chi connectivity index (χ2n) is 5.81. The number of carboxylic acid groups (broad SMARTS) is 1. The standard InChI is InChI=1S/C13H21N5O2S/c19-12(20)11(14-9-5-6-9)7-8-21-13-15-16-17-18(13)10-3-1-2-4-10/h9-11,14H,1-8H2,(H,19,20). The first-order valence-electron chi connectivity index (χ1n) is 7.63. The van der Waals surface area contributed by atoms with Gasteiger partial charge in [-0.15, -0.1) is 5.10 Å². The third kappa shape index (κ3) is 3.94. The van der Waals surface area contributed by atoms with Gasteiger partial charge in [-0.3, -0.25) is 4.79 Å². The highest BCUT2D eigenvalue weighted by atomic mass is 32.2. The predicted octanol–water partition coefficient (Wildman–Crippen LogP) is 1.48. The van der Waals surface area contributed by atoms with E-state index < -0.39 is 12.0 Å². The fourth-order valence-electron chi connectivity index (χ4n) is 2.74. The molecule has 2 fully saturated rings. The third-order valence-electron chi connectivity index (χ3n) is 4.08. The van der Waals surface area contributed by atoms with Crippen molar-refractivity contribution < 1.29 is 9.90 Å². The van der Waals surface area contributed by atoms with Gasteiger partial charge in [0.25, 0.3) is 0 Å². The van der Waals surface area contributed by atoms with E-state index in [9.17, 15) is 9.90 Å². The number of hydrogen-bond donors (Lipinski definition) is 2. The van der Waals surface area contributed by atoms with Crippen LogP contribution in [0.3, 0.4) is 0 Å². The first kappa shape index (κ1) is 14.8. The average molecular weight is 311 g/mol. The lowest BCUT2D eigenvalue weighted by atomic mass is 10.2. The molecule has 2 N–H and O–H groups in total. The molecule has 21 heavy (non-hydrogen) atoms. The van der Waals surface area contributed by atoms with E-state index in [1.54, 1.807) is 11.8 Å². The van der Waals surface area contributed by atoms with Crippen molar-refractivity contribution in [3.63, 3.8) is 0 Å². The van der Waals surface area contributed by atoms with Crippen LogP contribution in [0.25, 0.3) is 0 Å². The quantitative estimate of drug-likeness (QED) is 0.702. The average Bonchev–Trinajstić information content (AvgIpc) is 2.93. The van der Waals surface area contributed by atoms with Gasteiger partial charge in [0.2, 0.25) is 5.16 Å². The fraction of sp³-hybridized carbons (Fsp3) is 0.846. The Kier molecular flexibility index (Phi) is 4.74. The molecule has 2 aliphatic carbocycles. The molecule has 0 saturated heterocycles. The molecule has 2 saturated carbocycles. The monoisotopic (exact) mass is 311 g/mol. The number of carboxylic acids is 1. The van der Waals surface area contributed by atoms with Crippen LogP contribution in [0.4, 0.5) is 0 Å². The van der Waals surface area contributed by atoms with Crippen molar-refractivity contribution in [1.82, 2.24) is 25.5 Å². The summed E-state index contributed by atoms with van der Waals surface area (Å²) in [7, 11) is 0. The van der Waals surface area contributed by atoms with E-state index >= 15 is 0 Å². The summed E-state index contributed by atoms with van der Waals surface area (Å²) in [5.41, 5.74) is 0. The van der Waals surface area contributed by atoms with Gasteiger partial charge in [0, 0.05) is 11.8 Å². The Hall–Kier alpha value is -1.15. The van der Waals surface area contributed by atoms with Crippen LogP contribution < -0.4 is 5.32 Å². The number of aromatic nitrogens is 4. The maximum absolute atomic E-state index is 11.2. The van der Waals surface area contributed by atoms with Crippen molar-refractivity contribution >= 4 is 17.7 Å². The molecular formula is C13H21N5O2S. The van der Waals surface area contributed by atoms with Gasteiger partial charge in [-0.1, -0.05) is 24.6 Å². The molecule has 7 nitrogen and oxygen atoms in total. The van der Waals surface area contributed by atoms with E-state index in [1.165, 1.54) is 12.8 Å². The summed E-state index contributed by atoms with van der Waals surface area (Å²) in [6.07, 6.45) is 7.53. The Morgan fingerprint density at radius 2 is 2.14 bits per heavy atom. The lowest BCUT2D eigenvalue weighted by Gasteiger charge is -2.14. The highest BCUT2D eigenvalue weighted by Gasteiger charge is 2.28. The van der Waals surface area contributed by atoms with E-state index in [-0.39, 0.29) is 0 Å². The van der Waals surface area contributed by atoms with Gasteiger partial charge >= 0.3 is 5.97 Å². The Morgan fingerprint density at radius 3 is 2.81 bits per heavy atom. The Bertz CT molecular complexity index is 485. The van der Waals surface area contributed by atoms with Crippen LogP contribution in [0.2, 0.25) is 0 Å². The van der Waals surface area contributed by atoms with E-state index in [1.807, 2.05) is 4.68 Å². The van der Waals surface area contributed by atoms with Crippen molar-refractivity contribution in [3.8, 4) is 0 Å². The van der Waals surface area contributed by atoms with Gasteiger partial charge in [-0.2, -0.15) is 0 Å². The normalized spacial score (nSPS) is 20.8. The van der Waals surface area contributed by atoms with Crippen LogP contribution in [0.1, 0.15) is 51.0 Å². The Morgan fingerprint density at radius 1 is 1.38 bits per heavy atom. The maximum Gasteiger partial charge on any atom is 0.320 e. The molecule has 1 heterocycles. The zero-order valence-corrected chi connectivity index (χ0v) is 12.8. The summed E-state index contributed by atoms with van der Waals surface area (Å²) >= 11 is 1.56. The summed E-state index contributed by atoms with van der Waals surface area (Å²) in [6, 6.07) is 0.364. The molecular weight excluding hydrogens is 290 g/mol. The minimum atomic E-state index is -0.766. The van der Waals surface area contributed by atoms with Gasteiger partial charge in [0.15, 0.2) is 0 Å². The molecule has 0 spiro atoms. The van der Waals surface area contributed by atoms with Gasteiger partial charge in [-0.05, 0) is 42.5 Å². The second-order valence-corrected chi connectivity index (χ2v) is 6.88. The van der Waals surface area contributed by atoms with Crippen LogP contribution in [0.15, 0.2) is 5.16 Å². The SMILES string of the molecule is O=C(O)C(CCSc1nnnn1C1CCCC1)NC1CC1. The summed E-state index contributed by atoms with van der Waals surface area (Å²) in [5, 5.41) is 25.1. The second kappa shape index (κ2) is 6.74. The molecule has 0 radical (unpaired) electrons. The number of tetrazole rings is 1. The van der Waals surface area contributed by atoms with Gasteiger partial charge < -0.3 is 10.4 Å². The zero-order valence-electron chi connectivity index (χ0n) is 11.9. The van der Waals surface area contributed by atoms with E-state index in [0.29, 0.717) is 24.3 Å². The Labute approximate surface area is 127 Å². The van der Waals surface area contributed by atoms with E-state index in [4.69, 9.17) is 0 Å². The van der Waals surface area contributed by atoms with Crippen molar-refractivity contribution in [3.05, 3.63) is 0 Å². The molecule has 1 aromatic rings. The van der Waals surface area contributed by atoms with Crippen molar-refractivity contribution in [2.75, 3.05) is 5.75 Å². The predicted molar refractivity (Wildman–Crippen MR) is 78.2 cm³/mol. The molecule has 2 aliphatic rings. The van der Waals surface area contributed by atoms with E-state index in [2.05, 4.69) is 20.8 Å². The highest BCUT2D eigenvalue weighted by molar-refractivity contribution is 7.99. The number of aliphatic carboxylic acids is 1. The van der Waals surface area contributed by atoms with Gasteiger partial charge in [0.05, 0.1) is 6.04 Å². The summed E-state index contributed by atoms with van der Waals surface area (Å²) in [5.74, 6) is -0.0538. The molecule has 1 atom stereocenters. The number of hydrogen-bond acceptors (Lipinski definition) is 6. The molecule has 0 amide bonds. The van der Waals surface area contributed by atoms with Crippen LogP contribution >= 0.6 is 11.8 Å². The molecule has 8 heteroatoms. The number of rotatable bonds is 8. The number of nitrogens with zero attached hydrogens (tertiary/aromatic N) is 4. The molecule has 1 unspecified atom stereocenters. The number of nitrogens with one attached hydrogen (secondary N) is 1. The third-order valence-corrected chi connectivity index (χ3v) is 5.05. The summed E-state index contributed by atoms with van der Waals surface area (Å²) < 4.78 is 1.92. The number of carbonyl (C=O) groups is 1. The largest absolute Gasteiger partial charge is 0.480 e. The van der Waals surface area contributed by atoms with Crippen molar-refractivity contribution in [2.45, 2.75) is 68.2 Å². The van der Waals surface area contributed by atoms with Crippen molar-refractivity contribution in [2.24, 2.45) is 0 Å². The lowest BCUT2D eigenvalue weighted by molar-refractivity contribution is -0.139. The molecule has 1 aromatic heterocycles. The first-order chi connectivity index (χ1) is 10.2.